The molecule has 0 aliphatic rings. The minimum Gasteiger partial charge on any atom is -0.335 e. The Labute approximate surface area is 123 Å². The van der Waals surface area contributed by atoms with Gasteiger partial charge in [-0.25, -0.2) is 9.37 Å². The van der Waals surface area contributed by atoms with Crippen molar-refractivity contribution in [3.05, 3.63) is 52.8 Å². The summed E-state index contributed by atoms with van der Waals surface area (Å²) in [5.41, 5.74) is 0.946. The molecule has 1 N–H and O–H groups in total. The van der Waals surface area contributed by atoms with Gasteiger partial charge in [-0.2, -0.15) is 0 Å². The zero-order valence-electron chi connectivity index (χ0n) is 11.7. The lowest BCUT2D eigenvalue weighted by atomic mass is 10.0. The lowest BCUT2D eigenvalue weighted by Crippen LogP contribution is -2.31. The number of nitrogens with one attached hydrogen (secondary N) is 1. The molecule has 0 amide bonds. The van der Waals surface area contributed by atoms with Gasteiger partial charge in [-0.3, -0.25) is 0 Å². The number of imidazole rings is 1. The summed E-state index contributed by atoms with van der Waals surface area (Å²) in [7, 11) is 1.92. The van der Waals surface area contributed by atoms with Crippen LogP contribution in [-0.2, 0) is 19.4 Å². The average Bonchev–Trinajstić information content (AvgIpc) is 2.88. The van der Waals surface area contributed by atoms with E-state index in [1.54, 1.807) is 6.07 Å². The summed E-state index contributed by atoms with van der Waals surface area (Å²) in [6.45, 7) is 3.00. The molecule has 1 atom stereocenters. The van der Waals surface area contributed by atoms with Crippen LogP contribution in [0, 0.1) is 5.82 Å². The molecule has 2 aromatic rings. The van der Waals surface area contributed by atoms with Crippen molar-refractivity contribution >= 4 is 11.6 Å². The van der Waals surface area contributed by atoms with Crippen LogP contribution in [0.5, 0.6) is 0 Å². The van der Waals surface area contributed by atoms with Crippen LogP contribution in [0.3, 0.4) is 0 Å². The number of hydrogen-bond donors (Lipinski definition) is 1. The summed E-state index contributed by atoms with van der Waals surface area (Å²) in [5, 5.41) is 3.75. The van der Waals surface area contributed by atoms with Crippen LogP contribution in [-0.4, -0.2) is 22.6 Å². The number of aromatic nitrogens is 2. The summed E-state index contributed by atoms with van der Waals surface area (Å²) in [6.07, 6.45) is 5.35. The summed E-state index contributed by atoms with van der Waals surface area (Å²) in [4.78, 5) is 4.38. The Balaban J connectivity index is 2.09. The van der Waals surface area contributed by atoms with Crippen LogP contribution in [0.4, 0.5) is 4.39 Å². The van der Waals surface area contributed by atoms with Crippen LogP contribution in [0.15, 0.2) is 30.6 Å². The van der Waals surface area contributed by atoms with E-state index in [0.717, 1.165) is 30.8 Å². The number of benzene rings is 1. The normalized spacial score (nSPS) is 12.6. The molecule has 1 heterocycles. The molecule has 2 rings (SSSR count). The number of rotatable bonds is 6. The van der Waals surface area contributed by atoms with Crippen molar-refractivity contribution < 1.29 is 4.39 Å². The first-order valence-electron chi connectivity index (χ1n) is 6.75. The molecule has 108 valence electrons. The first kappa shape index (κ1) is 15.0. The smallest absolute Gasteiger partial charge is 0.124 e. The Kier molecular flexibility index (Phi) is 5.15. The van der Waals surface area contributed by atoms with Crippen LogP contribution >= 0.6 is 11.6 Å². The second-order valence-electron chi connectivity index (χ2n) is 4.76. The fourth-order valence-electron chi connectivity index (χ4n) is 2.27. The number of aryl methyl sites for hydroxylation is 1. The van der Waals surface area contributed by atoms with Crippen molar-refractivity contribution in [1.29, 1.82) is 0 Å². The van der Waals surface area contributed by atoms with Gasteiger partial charge in [-0.05, 0) is 38.1 Å². The molecule has 0 radical (unpaired) electrons. The highest BCUT2D eigenvalue weighted by atomic mass is 35.5. The molecule has 0 aliphatic carbocycles. The van der Waals surface area contributed by atoms with Gasteiger partial charge >= 0.3 is 0 Å². The fraction of sp³-hybridized carbons (Fsp3) is 0.400. The van der Waals surface area contributed by atoms with Crippen LogP contribution in [0.2, 0.25) is 5.02 Å². The van der Waals surface area contributed by atoms with Gasteiger partial charge < -0.3 is 9.88 Å². The standard InChI is InChI=1S/C15H19ClFN3/c1-3-20-7-6-19-15(20)10-13(18-2)8-11-4-5-12(17)9-14(11)16/h4-7,9,13,18H,3,8,10H2,1-2H3. The molecule has 0 fully saturated rings. The van der Waals surface area contributed by atoms with Gasteiger partial charge in [-0.1, -0.05) is 17.7 Å². The van der Waals surface area contributed by atoms with Crippen LogP contribution in [0.1, 0.15) is 18.3 Å². The van der Waals surface area contributed by atoms with E-state index in [0.29, 0.717) is 5.02 Å². The monoisotopic (exact) mass is 295 g/mol. The summed E-state index contributed by atoms with van der Waals surface area (Å²) >= 11 is 6.08. The first-order chi connectivity index (χ1) is 9.63. The van der Waals surface area contributed by atoms with Gasteiger partial charge in [0.2, 0.25) is 0 Å². The molecule has 0 aliphatic heterocycles. The number of likely N-dealkylation sites (N-methyl/N-ethyl adjacent to an activating group) is 1. The third kappa shape index (κ3) is 3.58. The molecule has 0 bridgehead atoms. The largest absolute Gasteiger partial charge is 0.335 e. The second-order valence-corrected chi connectivity index (χ2v) is 5.17. The Hall–Kier alpha value is -1.39. The minimum atomic E-state index is -0.304. The number of hydrogen-bond acceptors (Lipinski definition) is 2. The van der Waals surface area contributed by atoms with Crippen LogP contribution < -0.4 is 5.32 Å². The van der Waals surface area contributed by atoms with Crippen LogP contribution in [0.25, 0.3) is 0 Å². The van der Waals surface area contributed by atoms with Gasteiger partial charge in [0.25, 0.3) is 0 Å². The lowest BCUT2D eigenvalue weighted by Gasteiger charge is -2.17. The molecule has 0 saturated heterocycles. The zero-order chi connectivity index (χ0) is 14.5. The van der Waals surface area contributed by atoms with Gasteiger partial charge in [0, 0.05) is 36.4 Å². The highest BCUT2D eigenvalue weighted by Gasteiger charge is 2.14. The quantitative estimate of drug-likeness (QED) is 0.887. The van der Waals surface area contributed by atoms with Gasteiger partial charge in [-0.15, -0.1) is 0 Å². The molecular weight excluding hydrogens is 277 g/mol. The third-order valence-corrected chi connectivity index (χ3v) is 3.81. The maximum atomic E-state index is 13.1. The lowest BCUT2D eigenvalue weighted by molar-refractivity contribution is 0.526. The Morgan fingerprint density at radius 1 is 1.40 bits per heavy atom. The zero-order valence-corrected chi connectivity index (χ0v) is 12.5. The van der Waals surface area contributed by atoms with E-state index >= 15 is 0 Å². The SMILES string of the molecule is CCn1ccnc1CC(Cc1ccc(F)cc1Cl)NC. The van der Waals surface area contributed by atoms with Crippen molar-refractivity contribution in [1.82, 2.24) is 14.9 Å². The minimum absolute atomic E-state index is 0.214. The van der Waals surface area contributed by atoms with E-state index in [1.165, 1.54) is 12.1 Å². The van der Waals surface area contributed by atoms with Crippen molar-refractivity contribution in [2.75, 3.05) is 7.05 Å². The molecule has 1 aromatic carbocycles. The predicted octanol–water partition coefficient (Wildman–Crippen LogP) is 3.07. The van der Waals surface area contributed by atoms with Crippen molar-refractivity contribution in [3.8, 4) is 0 Å². The van der Waals surface area contributed by atoms with E-state index in [-0.39, 0.29) is 11.9 Å². The molecule has 5 heteroatoms. The molecule has 20 heavy (non-hydrogen) atoms. The van der Waals surface area contributed by atoms with Gasteiger partial charge in [0.1, 0.15) is 11.6 Å². The van der Waals surface area contributed by atoms with E-state index in [1.807, 2.05) is 19.4 Å². The van der Waals surface area contributed by atoms with Gasteiger partial charge in [0.05, 0.1) is 0 Å². The van der Waals surface area contributed by atoms with E-state index < -0.39 is 0 Å². The highest BCUT2D eigenvalue weighted by Crippen LogP contribution is 2.19. The third-order valence-electron chi connectivity index (χ3n) is 3.46. The molecule has 3 nitrogen and oxygen atoms in total. The Morgan fingerprint density at radius 3 is 2.85 bits per heavy atom. The maximum absolute atomic E-state index is 13.1. The van der Waals surface area contributed by atoms with E-state index in [2.05, 4.69) is 21.8 Å². The molecular formula is C15H19ClFN3. The first-order valence-corrected chi connectivity index (χ1v) is 7.13. The molecule has 1 unspecified atom stereocenters. The van der Waals surface area contributed by atoms with Crippen molar-refractivity contribution in [2.45, 2.75) is 32.4 Å². The predicted molar refractivity (Wildman–Crippen MR) is 79.6 cm³/mol. The van der Waals surface area contributed by atoms with Crippen molar-refractivity contribution in [2.24, 2.45) is 0 Å². The maximum Gasteiger partial charge on any atom is 0.124 e. The summed E-state index contributed by atoms with van der Waals surface area (Å²) in [6, 6.07) is 4.76. The summed E-state index contributed by atoms with van der Waals surface area (Å²) in [5.74, 6) is 0.742. The van der Waals surface area contributed by atoms with Gasteiger partial charge in [0.15, 0.2) is 0 Å². The van der Waals surface area contributed by atoms with E-state index in [9.17, 15) is 4.39 Å². The molecule has 0 spiro atoms. The Morgan fingerprint density at radius 2 is 2.20 bits per heavy atom. The molecule has 0 saturated carbocycles. The fourth-order valence-corrected chi connectivity index (χ4v) is 2.51. The highest BCUT2D eigenvalue weighted by molar-refractivity contribution is 6.31. The number of nitrogens with zero attached hydrogens (tertiary/aromatic N) is 2. The Bertz CT molecular complexity index is 568. The summed E-state index contributed by atoms with van der Waals surface area (Å²) < 4.78 is 15.2. The van der Waals surface area contributed by atoms with Crippen molar-refractivity contribution in [3.63, 3.8) is 0 Å². The van der Waals surface area contributed by atoms with E-state index in [4.69, 9.17) is 11.6 Å². The average molecular weight is 296 g/mol. The topological polar surface area (TPSA) is 29.9 Å². The molecule has 1 aromatic heterocycles. The number of halogens is 2. The second kappa shape index (κ2) is 6.86.